The van der Waals surface area contributed by atoms with Gasteiger partial charge in [0.15, 0.2) is 0 Å². The van der Waals surface area contributed by atoms with Crippen molar-refractivity contribution < 1.29 is 14.8 Å². The topological polar surface area (TPSA) is 78.4 Å². The molecule has 0 aliphatic heterocycles. The maximum Gasteiger partial charge on any atom is 0.266 e. The SMILES string of the molecule is CC(=O)NC(CSC/C=C(\C)CCC=C(C)C)C(=O)NO. The average Bonchev–Trinajstić information content (AvgIpc) is 2.40. The number of carbonyl (C=O) groups is 2. The lowest BCUT2D eigenvalue weighted by molar-refractivity contribution is -0.133. The van der Waals surface area contributed by atoms with Crippen molar-refractivity contribution >= 4 is 23.6 Å². The number of rotatable bonds is 9. The van der Waals surface area contributed by atoms with E-state index in [4.69, 9.17) is 5.21 Å². The molecule has 5 nitrogen and oxygen atoms in total. The highest BCUT2D eigenvalue weighted by Gasteiger charge is 2.18. The number of nitrogens with one attached hydrogen (secondary N) is 2. The first kappa shape index (κ1) is 19.7. The predicted molar refractivity (Wildman–Crippen MR) is 87.3 cm³/mol. The van der Waals surface area contributed by atoms with Crippen LogP contribution in [0.5, 0.6) is 0 Å². The molecule has 0 fully saturated rings. The van der Waals surface area contributed by atoms with E-state index in [1.54, 1.807) is 5.48 Å². The lowest BCUT2D eigenvalue weighted by Gasteiger charge is -2.14. The molecule has 3 N–H and O–H groups in total. The standard InChI is InChI=1S/C15H26N2O3S/c1-11(2)6-5-7-12(3)8-9-21-10-14(15(19)17-20)16-13(4)18/h6,8,14,20H,5,7,9-10H2,1-4H3,(H,16,18)(H,17,19)/b12-8+. The molecule has 120 valence electrons. The molecule has 0 saturated carbocycles. The Morgan fingerprint density at radius 2 is 1.86 bits per heavy atom. The quantitative estimate of drug-likeness (QED) is 0.264. The van der Waals surface area contributed by atoms with E-state index in [0.717, 1.165) is 18.6 Å². The van der Waals surface area contributed by atoms with Crippen molar-refractivity contribution in [1.29, 1.82) is 0 Å². The zero-order valence-electron chi connectivity index (χ0n) is 13.2. The Labute approximate surface area is 131 Å². The summed E-state index contributed by atoms with van der Waals surface area (Å²) in [6.45, 7) is 7.60. The van der Waals surface area contributed by atoms with Crippen LogP contribution in [0.2, 0.25) is 0 Å². The summed E-state index contributed by atoms with van der Waals surface area (Å²) in [6.07, 6.45) is 6.41. The molecule has 6 heteroatoms. The van der Waals surface area contributed by atoms with E-state index in [-0.39, 0.29) is 5.91 Å². The molecule has 0 aromatic carbocycles. The van der Waals surface area contributed by atoms with E-state index in [1.165, 1.54) is 29.8 Å². The van der Waals surface area contributed by atoms with Crippen LogP contribution in [-0.4, -0.2) is 34.6 Å². The first-order chi connectivity index (χ1) is 9.86. The molecule has 1 atom stereocenters. The number of thioether (sulfide) groups is 1. The van der Waals surface area contributed by atoms with Crippen LogP contribution in [0, 0.1) is 0 Å². The van der Waals surface area contributed by atoms with Crippen molar-refractivity contribution in [2.24, 2.45) is 0 Å². The molecule has 0 aliphatic rings. The summed E-state index contributed by atoms with van der Waals surface area (Å²) >= 11 is 1.54. The van der Waals surface area contributed by atoms with Gasteiger partial charge in [-0.05, 0) is 33.6 Å². The molecule has 21 heavy (non-hydrogen) atoms. The third-order valence-electron chi connectivity index (χ3n) is 2.73. The van der Waals surface area contributed by atoms with Gasteiger partial charge in [-0.15, -0.1) is 0 Å². The summed E-state index contributed by atoms with van der Waals surface area (Å²) in [5.41, 5.74) is 4.20. The lowest BCUT2D eigenvalue weighted by atomic mass is 10.1. The highest BCUT2D eigenvalue weighted by molar-refractivity contribution is 7.99. The Bertz CT molecular complexity index is 402. The van der Waals surface area contributed by atoms with Gasteiger partial charge in [-0.25, -0.2) is 5.48 Å². The monoisotopic (exact) mass is 314 g/mol. The van der Waals surface area contributed by atoms with Gasteiger partial charge in [0.1, 0.15) is 6.04 Å². The molecule has 0 bridgehead atoms. The summed E-state index contributed by atoms with van der Waals surface area (Å²) in [4.78, 5) is 22.4. The highest BCUT2D eigenvalue weighted by Crippen LogP contribution is 2.10. The normalized spacial score (nSPS) is 12.5. The van der Waals surface area contributed by atoms with Crippen molar-refractivity contribution in [3.63, 3.8) is 0 Å². The minimum atomic E-state index is -0.711. The second-order valence-corrected chi connectivity index (χ2v) is 6.21. The molecular formula is C15H26N2O3S. The van der Waals surface area contributed by atoms with E-state index in [2.05, 4.69) is 38.2 Å². The van der Waals surface area contributed by atoms with Crippen LogP contribution < -0.4 is 10.8 Å². The molecule has 0 aromatic rings. The van der Waals surface area contributed by atoms with E-state index >= 15 is 0 Å². The van der Waals surface area contributed by atoms with Crippen LogP contribution in [0.1, 0.15) is 40.5 Å². The van der Waals surface area contributed by atoms with Crippen LogP contribution in [0.3, 0.4) is 0 Å². The molecule has 0 aromatic heterocycles. The van der Waals surface area contributed by atoms with E-state index < -0.39 is 11.9 Å². The zero-order valence-corrected chi connectivity index (χ0v) is 14.0. The van der Waals surface area contributed by atoms with Crippen molar-refractivity contribution in [3.8, 4) is 0 Å². The van der Waals surface area contributed by atoms with Gasteiger partial charge in [0, 0.05) is 18.4 Å². The van der Waals surface area contributed by atoms with Gasteiger partial charge < -0.3 is 5.32 Å². The van der Waals surface area contributed by atoms with Gasteiger partial charge in [-0.2, -0.15) is 11.8 Å². The number of amides is 2. The summed E-state index contributed by atoms with van der Waals surface area (Å²) in [7, 11) is 0. The fraction of sp³-hybridized carbons (Fsp3) is 0.600. The molecule has 0 spiro atoms. The van der Waals surface area contributed by atoms with E-state index in [9.17, 15) is 9.59 Å². The van der Waals surface area contributed by atoms with E-state index in [1.807, 2.05) is 0 Å². The molecule has 0 aliphatic carbocycles. The Balaban J connectivity index is 4.10. The molecule has 0 radical (unpaired) electrons. The third-order valence-corrected chi connectivity index (χ3v) is 3.70. The van der Waals surface area contributed by atoms with Crippen LogP contribution >= 0.6 is 11.8 Å². The maximum atomic E-state index is 11.4. The van der Waals surface area contributed by atoms with Gasteiger partial charge in [-0.3, -0.25) is 14.8 Å². The number of carbonyl (C=O) groups excluding carboxylic acids is 2. The van der Waals surface area contributed by atoms with Crippen molar-refractivity contribution in [1.82, 2.24) is 10.8 Å². The minimum Gasteiger partial charge on any atom is -0.344 e. The van der Waals surface area contributed by atoms with Gasteiger partial charge in [0.05, 0.1) is 0 Å². The molecule has 0 rings (SSSR count). The fourth-order valence-corrected chi connectivity index (χ4v) is 2.59. The Kier molecular flexibility index (Phi) is 10.7. The summed E-state index contributed by atoms with van der Waals surface area (Å²) in [6, 6.07) is -0.711. The molecule has 2 amide bonds. The van der Waals surface area contributed by atoms with Gasteiger partial charge in [0.25, 0.3) is 5.91 Å². The van der Waals surface area contributed by atoms with Crippen LogP contribution in [0.15, 0.2) is 23.3 Å². The summed E-state index contributed by atoms with van der Waals surface area (Å²) in [5, 5.41) is 11.1. The summed E-state index contributed by atoms with van der Waals surface area (Å²) < 4.78 is 0. The molecular weight excluding hydrogens is 288 g/mol. The number of hydroxylamine groups is 1. The largest absolute Gasteiger partial charge is 0.344 e. The smallest absolute Gasteiger partial charge is 0.266 e. The summed E-state index contributed by atoms with van der Waals surface area (Å²) in [5.74, 6) is 0.304. The van der Waals surface area contributed by atoms with Gasteiger partial charge in [0.2, 0.25) is 5.91 Å². The first-order valence-electron chi connectivity index (χ1n) is 6.94. The molecule has 1 unspecified atom stereocenters. The molecule has 0 heterocycles. The fourth-order valence-electron chi connectivity index (χ4n) is 1.58. The van der Waals surface area contributed by atoms with Crippen LogP contribution in [-0.2, 0) is 9.59 Å². The second-order valence-electron chi connectivity index (χ2n) is 5.14. The van der Waals surface area contributed by atoms with Crippen molar-refractivity contribution in [2.45, 2.75) is 46.6 Å². The van der Waals surface area contributed by atoms with Gasteiger partial charge >= 0.3 is 0 Å². The Hall–Kier alpha value is -1.27. The molecule has 0 saturated heterocycles. The first-order valence-corrected chi connectivity index (χ1v) is 8.10. The predicted octanol–water partition coefficient (Wildman–Crippen LogP) is 2.42. The van der Waals surface area contributed by atoms with Crippen LogP contribution in [0.4, 0.5) is 0 Å². The second kappa shape index (κ2) is 11.4. The Morgan fingerprint density at radius 3 is 2.38 bits per heavy atom. The third kappa shape index (κ3) is 11.1. The number of hydrogen-bond acceptors (Lipinski definition) is 4. The Morgan fingerprint density at radius 1 is 1.19 bits per heavy atom. The number of hydrogen-bond donors (Lipinski definition) is 3. The minimum absolute atomic E-state index is 0.294. The van der Waals surface area contributed by atoms with Crippen LogP contribution in [0.25, 0.3) is 0 Å². The van der Waals surface area contributed by atoms with E-state index in [0.29, 0.717) is 5.75 Å². The maximum absolute atomic E-state index is 11.4. The highest BCUT2D eigenvalue weighted by atomic mass is 32.2. The van der Waals surface area contributed by atoms with Crippen molar-refractivity contribution in [3.05, 3.63) is 23.3 Å². The van der Waals surface area contributed by atoms with Crippen molar-refractivity contribution in [2.75, 3.05) is 11.5 Å². The van der Waals surface area contributed by atoms with Gasteiger partial charge in [-0.1, -0.05) is 23.3 Å². The zero-order chi connectivity index (χ0) is 16.3. The number of allylic oxidation sites excluding steroid dienone is 3. The lowest BCUT2D eigenvalue weighted by Crippen LogP contribution is -2.46. The average molecular weight is 314 g/mol.